The molecule has 2 rings (SSSR count). The minimum absolute atomic E-state index is 0.521. The van der Waals surface area contributed by atoms with Gasteiger partial charge in [0.25, 0.3) is 0 Å². The third kappa shape index (κ3) is 3.10. The van der Waals surface area contributed by atoms with E-state index in [4.69, 9.17) is 23.2 Å². The zero-order valence-corrected chi connectivity index (χ0v) is 11.6. The van der Waals surface area contributed by atoms with Gasteiger partial charge in [-0.2, -0.15) is 0 Å². The van der Waals surface area contributed by atoms with Crippen molar-refractivity contribution in [1.29, 1.82) is 0 Å². The molecule has 0 aliphatic carbocycles. The molecule has 1 aliphatic heterocycles. The lowest BCUT2D eigenvalue weighted by molar-refractivity contribution is 0.249. The Balaban J connectivity index is 2.12. The molecule has 1 fully saturated rings. The summed E-state index contributed by atoms with van der Waals surface area (Å²) < 4.78 is 0. The fraction of sp³-hybridized carbons (Fsp3) is 0.583. The first-order valence-electron chi connectivity index (χ1n) is 5.80. The number of nitrogens with zero attached hydrogens (tertiary/aromatic N) is 2. The van der Waals surface area contributed by atoms with Crippen molar-refractivity contribution in [2.45, 2.75) is 25.9 Å². The molecule has 0 spiro atoms. The molecule has 0 amide bonds. The Bertz CT molecular complexity index is 380. The molecule has 1 aliphatic rings. The fourth-order valence-electron chi connectivity index (χ4n) is 2.16. The SMILES string of the molecule is Cc1cc(Cl)c(CN(C)C2CCNC2)c(Cl)n1. The fourth-order valence-corrected chi connectivity index (χ4v) is 2.81. The monoisotopic (exact) mass is 273 g/mol. The van der Waals surface area contributed by atoms with Gasteiger partial charge in [-0.25, -0.2) is 4.98 Å². The number of likely N-dealkylation sites (N-methyl/N-ethyl adjacent to an activating group) is 1. The van der Waals surface area contributed by atoms with Gasteiger partial charge in [0, 0.05) is 35.4 Å². The van der Waals surface area contributed by atoms with Gasteiger partial charge in [-0.15, -0.1) is 0 Å². The van der Waals surface area contributed by atoms with Gasteiger partial charge >= 0.3 is 0 Å². The van der Waals surface area contributed by atoms with E-state index in [-0.39, 0.29) is 0 Å². The molecule has 1 unspecified atom stereocenters. The van der Waals surface area contributed by atoms with Crippen LogP contribution in [0, 0.1) is 6.92 Å². The van der Waals surface area contributed by atoms with E-state index >= 15 is 0 Å². The van der Waals surface area contributed by atoms with Crippen molar-refractivity contribution < 1.29 is 0 Å². The summed E-state index contributed by atoms with van der Waals surface area (Å²) in [6.07, 6.45) is 1.17. The first-order valence-corrected chi connectivity index (χ1v) is 6.56. The van der Waals surface area contributed by atoms with Gasteiger partial charge in [-0.05, 0) is 33.0 Å². The maximum Gasteiger partial charge on any atom is 0.135 e. The zero-order chi connectivity index (χ0) is 12.4. The molecule has 0 radical (unpaired) electrons. The standard InChI is InChI=1S/C12H17Cl2N3/c1-8-5-11(13)10(12(14)16-8)7-17(2)9-3-4-15-6-9/h5,9,15H,3-4,6-7H2,1-2H3. The quantitative estimate of drug-likeness (QED) is 0.858. The number of aromatic nitrogens is 1. The Morgan fingerprint density at radius 1 is 1.53 bits per heavy atom. The van der Waals surface area contributed by atoms with Crippen LogP contribution >= 0.6 is 23.2 Å². The molecule has 5 heteroatoms. The predicted molar refractivity (Wildman–Crippen MR) is 71.7 cm³/mol. The van der Waals surface area contributed by atoms with Crippen molar-refractivity contribution in [1.82, 2.24) is 15.2 Å². The third-order valence-electron chi connectivity index (χ3n) is 3.21. The van der Waals surface area contributed by atoms with Crippen LogP contribution in [0.3, 0.4) is 0 Å². The number of halogens is 2. The van der Waals surface area contributed by atoms with Crippen LogP contribution in [0.5, 0.6) is 0 Å². The summed E-state index contributed by atoms with van der Waals surface area (Å²) in [5, 5.41) is 4.58. The van der Waals surface area contributed by atoms with Crippen LogP contribution in [0.4, 0.5) is 0 Å². The van der Waals surface area contributed by atoms with Gasteiger partial charge < -0.3 is 5.32 Å². The van der Waals surface area contributed by atoms with Gasteiger partial charge in [-0.1, -0.05) is 23.2 Å². The van der Waals surface area contributed by atoms with Crippen molar-refractivity contribution in [2.24, 2.45) is 0 Å². The molecular formula is C12H17Cl2N3. The van der Waals surface area contributed by atoms with Gasteiger partial charge in [0.05, 0.1) is 0 Å². The number of hydrogen-bond acceptors (Lipinski definition) is 3. The van der Waals surface area contributed by atoms with Crippen molar-refractivity contribution in [3.05, 3.63) is 27.5 Å². The minimum atomic E-state index is 0.521. The molecule has 0 saturated carbocycles. The first-order chi connectivity index (χ1) is 8.08. The second kappa shape index (κ2) is 5.53. The van der Waals surface area contributed by atoms with E-state index in [1.165, 1.54) is 6.42 Å². The van der Waals surface area contributed by atoms with Crippen LogP contribution in [-0.4, -0.2) is 36.1 Å². The van der Waals surface area contributed by atoms with Crippen LogP contribution in [0.15, 0.2) is 6.07 Å². The number of aryl methyl sites for hydroxylation is 1. The van der Waals surface area contributed by atoms with Crippen molar-refractivity contribution >= 4 is 23.2 Å². The van der Waals surface area contributed by atoms with Crippen LogP contribution in [0.2, 0.25) is 10.2 Å². The summed E-state index contributed by atoms with van der Waals surface area (Å²) in [4.78, 5) is 6.53. The number of pyridine rings is 1. The van der Waals surface area contributed by atoms with Crippen LogP contribution in [0.1, 0.15) is 17.7 Å². The van der Waals surface area contributed by atoms with E-state index in [1.54, 1.807) is 0 Å². The predicted octanol–water partition coefficient (Wildman–Crippen LogP) is 2.49. The largest absolute Gasteiger partial charge is 0.315 e. The van der Waals surface area contributed by atoms with Crippen molar-refractivity contribution in [3.63, 3.8) is 0 Å². The maximum atomic E-state index is 6.22. The molecule has 94 valence electrons. The van der Waals surface area contributed by atoms with Gasteiger partial charge in [0.1, 0.15) is 5.15 Å². The molecule has 0 aromatic carbocycles. The molecule has 1 saturated heterocycles. The molecule has 3 nitrogen and oxygen atoms in total. The summed E-state index contributed by atoms with van der Waals surface area (Å²) in [5.74, 6) is 0. The van der Waals surface area contributed by atoms with Crippen LogP contribution in [-0.2, 0) is 6.54 Å². The Hall–Kier alpha value is -0.350. The maximum absolute atomic E-state index is 6.22. The molecular weight excluding hydrogens is 257 g/mol. The van der Waals surface area contributed by atoms with E-state index < -0.39 is 0 Å². The average Bonchev–Trinajstić information content (AvgIpc) is 2.76. The Kier molecular flexibility index (Phi) is 4.26. The summed E-state index contributed by atoms with van der Waals surface area (Å²) in [6.45, 7) is 4.76. The lowest BCUT2D eigenvalue weighted by Crippen LogP contribution is -2.33. The van der Waals surface area contributed by atoms with E-state index in [0.29, 0.717) is 16.2 Å². The first kappa shape index (κ1) is 13.1. The second-order valence-corrected chi connectivity index (χ2v) is 5.34. The van der Waals surface area contributed by atoms with E-state index in [0.717, 1.165) is 30.9 Å². The number of rotatable bonds is 3. The smallest absolute Gasteiger partial charge is 0.135 e. The number of nitrogens with one attached hydrogen (secondary N) is 1. The van der Waals surface area contributed by atoms with Crippen LogP contribution < -0.4 is 5.32 Å². The van der Waals surface area contributed by atoms with Crippen LogP contribution in [0.25, 0.3) is 0 Å². The minimum Gasteiger partial charge on any atom is -0.315 e. The lowest BCUT2D eigenvalue weighted by Gasteiger charge is -2.24. The zero-order valence-electron chi connectivity index (χ0n) is 10.1. The molecule has 1 N–H and O–H groups in total. The summed E-state index contributed by atoms with van der Waals surface area (Å²) >= 11 is 12.4. The van der Waals surface area contributed by atoms with Gasteiger partial charge in [-0.3, -0.25) is 4.90 Å². The Morgan fingerprint density at radius 2 is 2.29 bits per heavy atom. The van der Waals surface area contributed by atoms with Crippen molar-refractivity contribution in [2.75, 3.05) is 20.1 Å². The highest BCUT2D eigenvalue weighted by atomic mass is 35.5. The Labute approximate surface area is 112 Å². The normalized spacial score (nSPS) is 20.2. The summed E-state index contributed by atoms with van der Waals surface area (Å²) in [5.41, 5.74) is 1.78. The average molecular weight is 274 g/mol. The molecule has 17 heavy (non-hydrogen) atoms. The summed E-state index contributed by atoms with van der Waals surface area (Å²) in [6, 6.07) is 2.42. The molecule has 0 bridgehead atoms. The highest BCUT2D eigenvalue weighted by Gasteiger charge is 2.21. The Morgan fingerprint density at radius 3 is 2.88 bits per heavy atom. The van der Waals surface area contributed by atoms with E-state index in [2.05, 4.69) is 22.2 Å². The molecule has 1 aromatic rings. The third-order valence-corrected chi connectivity index (χ3v) is 3.86. The highest BCUT2D eigenvalue weighted by Crippen LogP contribution is 2.25. The highest BCUT2D eigenvalue weighted by molar-refractivity contribution is 6.35. The van der Waals surface area contributed by atoms with E-state index in [1.807, 2.05) is 13.0 Å². The van der Waals surface area contributed by atoms with Crippen molar-refractivity contribution in [3.8, 4) is 0 Å². The van der Waals surface area contributed by atoms with E-state index in [9.17, 15) is 0 Å². The molecule has 2 heterocycles. The van der Waals surface area contributed by atoms with Gasteiger partial charge in [0.15, 0.2) is 0 Å². The molecule has 1 atom stereocenters. The lowest BCUT2D eigenvalue weighted by atomic mass is 10.2. The second-order valence-electron chi connectivity index (χ2n) is 4.58. The summed E-state index contributed by atoms with van der Waals surface area (Å²) in [7, 11) is 2.10. The molecule has 1 aromatic heterocycles. The van der Waals surface area contributed by atoms with Gasteiger partial charge in [0.2, 0.25) is 0 Å². The topological polar surface area (TPSA) is 28.2 Å². The number of hydrogen-bond donors (Lipinski definition) is 1.